The van der Waals surface area contributed by atoms with Crippen LogP contribution in [-0.2, 0) is 17.6 Å². The van der Waals surface area contributed by atoms with Crippen LogP contribution in [0.25, 0.3) is 10.9 Å². The van der Waals surface area contributed by atoms with Crippen molar-refractivity contribution in [2.75, 3.05) is 13.2 Å². The molecule has 1 saturated carbocycles. The Labute approximate surface area is 148 Å². The first-order valence-electron chi connectivity index (χ1n) is 9.88. The number of aromatic nitrogens is 1. The number of amides is 1. The van der Waals surface area contributed by atoms with E-state index in [1.54, 1.807) is 0 Å². The summed E-state index contributed by atoms with van der Waals surface area (Å²) in [5.41, 5.74) is 4.68. The van der Waals surface area contributed by atoms with Gasteiger partial charge in [-0.05, 0) is 50.2 Å². The second kappa shape index (κ2) is 6.17. The molecule has 1 aromatic heterocycles. The largest absolute Gasteiger partial charge is 0.374 e. The van der Waals surface area contributed by atoms with Gasteiger partial charge in [0.15, 0.2) is 0 Å². The van der Waals surface area contributed by atoms with Gasteiger partial charge >= 0.3 is 0 Å². The monoisotopic (exact) mass is 338 g/mol. The number of fused-ring (bicyclic) bond motifs is 4. The Balaban J connectivity index is 1.54. The van der Waals surface area contributed by atoms with Crippen molar-refractivity contribution >= 4 is 16.8 Å². The highest BCUT2D eigenvalue weighted by molar-refractivity contribution is 6.07. The van der Waals surface area contributed by atoms with Crippen LogP contribution >= 0.6 is 0 Å². The fourth-order valence-electron chi connectivity index (χ4n) is 5.11. The first-order valence-corrected chi connectivity index (χ1v) is 9.88. The van der Waals surface area contributed by atoms with E-state index in [0.29, 0.717) is 6.61 Å². The summed E-state index contributed by atoms with van der Waals surface area (Å²) in [5.74, 6) is 0.185. The molecular formula is C21H26N2O2. The van der Waals surface area contributed by atoms with E-state index in [1.807, 2.05) is 6.07 Å². The van der Waals surface area contributed by atoms with E-state index in [0.717, 1.165) is 43.3 Å². The van der Waals surface area contributed by atoms with E-state index >= 15 is 0 Å². The van der Waals surface area contributed by atoms with Crippen LogP contribution in [0.4, 0.5) is 0 Å². The second-order valence-electron chi connectivity index (χ2n) is 7.78. The van der Waals surface area contributed by atoms with Crippen LogP contribution in [0.15, 0.2) is 18.2 Å². The standard InChI is InChI=1S/C21H26N2O2/c24-21(23-12-13-25-19-11-4-3-10-18(19)23)16-8-5-7-15-14-6-1-2-9-17(14)22-20(15)16/h5,7-8,18-19,22H,1-4,6,9-13H2. The summed E-state index contributed by atoms with van der Waals surface area (Å²) in [6.07, 6.45) is 9.58. The van der Waals surface area contributed by atoms with Crippen LogP contribution in [0, 0.1) is 0 Å². The van der Waals surface area contributed by atoms with Gasteiger partial charge in [0.1, 0.15) is 0 Å². The molecule has 2 fully saturated rings. The number of morpholine rings is 1. The topological polar surface area (TPSA) is 45.3 Å². The van der Waals surface area contributed by atoms with Crippen molar-refractivity contribution in [3.05, 3.63) is 35.0 Å². The Morgan fingerprint density at radius 3 is 2.96 bits per heavy atom. The predicted molar refractivity (Wildman–Crippen MR) is 98.0 cm³/mol. The summed E-state index contributed by atoms with van der Waals surface area (Å²) in [7, 11) is 0. The number of carbonyl (C=O) groups excluding carboxylic acids is 1. The number of ether oxygens (including phenoxy) is 1. The summed E-state index contributed by atoms with van der Waals surface area (Å²) in [5, 5.41) is 1.26. The van der Waals surface area contributed by atoms with E-state index in [2.05, 4.69) is 22.0 Å². The average Bonchev–Trinajstić information content (AvgIpc) is 3.06. The number of carbonyl (C=O) groups is 1. The summed E-state index contributed by atoms with van der Waals surface area (Å²) in [6.45, 7) is 1.39. The lowest BCUT2D eigenvalue weighted by Crippen LogP contribution is -2.54. The zero-order chi connectivity index (χ0) is 16.8. The van der Waals surface area contributed by atoms with Crippen molar-refractivity contribution in [1.29, 1.82) is 0 Å². The average molecular weight is 338 g/mol. The predicted octanol–water partition coefficient (Wildman–Crippen LogP) is 3.83. The summed E-state index contributed by atoms with van der Waals surface area (Å²) < 4.78 is 5.95. The third-order valence-corrected chi connectivity index (χ3v) is 6.36. The van der Waals surface area contributed by atoms with Crippen LogP contribution < -0.4 is 0 Å². The molecule has 2 heterocycles. The van der Waals surface area contributed by atoms with Crippen LogP contribution in [0.3, 0.4) is 0 Å². The third kappa shape index (κ3) is 2.50. The highest BCUT2D eigenvalue weighted by Crippen LogP contribution is 2.33. The molecule has 2 unspecified atom stereocenters. The molecule has 5 rings (SSSR count). The molecule has 0 bridgehead atoms. The van der Waals surface area contributed by atoms with Gasteiger partial charge in [0, 0.05) is 17.6 Å². The van der Waals surface area contributed by atoms with Crippen LogP contribution in [0.1, 0.15) is 60.1 Å². The molecule has 3 aliphatic rings. The van der Waals surface area contributed by atoms with Crippen molar-refractivity contribution < 1.29 is 9.53 Å². The van der Waals surface area contributed by atoms with Crippen molar-refractivity contribution in [3.8, 4) is 0 Å². The first kappa shape index (κ1) is 15.4. The summed E-state index contributed by atoms with van der Waals surface area (Å²) in [4.78, 5) is 19.1. The summed E-state index contributed by atoms with van der Waals surface area (Å²) >= 11 is 0. The Kier molecular flexibility index (Phi) is 3.81. The number of benzene rings is 1. The number of hydrogen-bond acceptors (Lipinski definition) is 2. The molecule has 2 aliphatic carbocycles. The van der Waals surface area contributed by atoms with Gasteiger partial charge < -0.3 is 14.6 Å². The van der Waals surface area contributed by atoms with Gasteiger partial charge in [-0.3, -0.25) is 4.79 Å². The van der Waals surface area contributed by atoms with Crippen LogP contribution in [0.5, 0.6) is 0 Å². The normalized spacial score (nSPS) is 26.3. The Morgan fingerprint density at radius 1 is 1.12 bits per heavy atom. The zero-order valence-corrected chi connectivity index (χ0v) is 14.7. The summed E-state index contributed by atoms with van der Waals surface area (Å²) in [6, 6.07) is 6.49. The first-order chi connectivity index (χ1) is 12.3. The quantitative estimate of drug-likeness (QED) is 0.859. The van der Waals surface area contributed by atoms with Gasteiger partial charge in [-0.2, -0.15) is 0 Å². The lowest BCUT2D eigenvalue weighted by molar-refractivity contribution is -0.0752. The van der Waals surface area contributed by atoms with Crippen molar-refractivity contribution in [1.82, 2.24) is 9.88 Å². The maximum atomic E-state index is 13.4. The highest BCUT2D eigenvalue weighted by atomic mass is 16.5. The number of aromatic amines is 1. The molecule has 1 saturated heterocycles. The van der Waals surface area contributed by atoms with Crippen molar-refractivity contribution in [2.45, 2.75) is 63.5 Å². The molecule has 4 heteroatoms. The molecule has 1 N–H and O–H groups in total. The maximum Gasteiger partial charge on any atom is 0.256 e. The molecule has 1 aliphatic heterocycles. The van der Waals surface area contributed by atoms with E-state index in [-0.39, 0.29) is 18.1 Å². The maximum absolute atomic E-state index is 13.4. The molecule has 0 spiro atoms. The number of nitrogens with one attached hydrogen (secondary N) is 1. The van der Waals surface area contributed by atoms with Gasteiger partial charge in [0.25, 0.3) is 5.91 Å². The number of para-hydroxylation sites is 1. The lowest BCUT2D eigenvalue weighted by atomic mass is 9.89. The molecule has 25 heavy (non-hydrogen) atoms. The second-order valence-corrected chi connectivity index (χ2v) is 7.78. The van der Waals surface area contributed by atoms with E-state index in [1.165, 1.54) is 42.3 Å². The minimum absolute atomic E-state index is 0.185. The number of rotatable bonds is 1. The van der Waals surface area contributed by atoms with Crippen molar-refractivity contribution in [2.24, 2.45) is 0 Å². The molecule has 1 amide bonds. The van der Waals surface area contributed by atoms with Gasteiger partial charge in [0.2, 0.25) is 0 Å². The van der Waals surface area contributed by atoms with Gasteiger partial charge in [-0.1, -0.05) is 25.0 Å². The van der Waals surface area contributed by atoms with Gasteiger partial charge in [0.05, 0.1) is 29.8 Å². The number of aryl methyl sites for hydroxylation is 2. The van der Waals surface area contributed by atoms with Crippen LogP contribution in [0.2, 0.25) is 0 Å². The molecule has 0 radical (unpaired) electrons. The number of hydrogen-bond donors (Lipinski definition) is 1. The molecule has 4 nitrogen and oxygen atoms in total. The van der Waals surface area contributed by atoms with Crippen molar-refractivity contribution in [3.63, 3.8) is 0 Å². The molecule has 2 aromatic rings. The minimum atomic E-state index is 0.185. The molecule has 2 atom stereocenters. The number of H-pyrrole nitrogens is 1. The third-order valence-electron chi connectivity index (χ3n) is 6.36. The smallest absolute Gasteiger partial charge is 0.256 e. The van der Waals surface area contributed by atoms with Gasteiger partial charge in [-0.15, -0.1) is 0 Å². The molecule has 132 valence electrons. The Hall–Kier alpha value is -1.81. The van der Waals surface area contributed by atoms with E-state index in [4.69, 9.17) is 4.74 Å². The Bertz CT molecular complexity index is 808. The lowest BCUT2D eigenvalue weighted by Gasteiger charge is -2.43. The van der Waals surface area contributed by atoms with Crippen LogP contribution in [-0.4, -0.2) is 41.1 Å². The fraction of sp³-hybridized carbons (Fsp3) is 0.571. The molecular weight excluding hydrogens is 312 g/mol. The fourth-order valence-corrected chi connectivity index (χ4v) is 5.11. The Morgan fingerprint density at radius 2 is 2.00 bits per heavy atom. The molecule has 1 aromatic carbocycles. The van der Waals surface area contributed by atoms with E-state index < -0.39 is 0 Å². The van der Waals surface area contributed by atoms with E-state index in [9.17, 15) is 4.79 Å². The van der Waals surface area contributed by atoms with Gasteiger partial charge in [-0.25, -0.2) is 0 Å². The minimum Gasteiger partial charge on any atom is -0.374 e. The highest BCUT2D eigenvalue weighted by Gasteiger charge is 2.37. The SMILES string of the molecule is O=C(c1cccc2c3c([nH]c12)CCCC3)N1CCOC2CCCCC21. The number of nitrogens with zero attached hydrogens (tertiary/aromatic N) is 1. The zero-order valence-electron chi connectivity index (χ0n) is 14.7.